The Labute approximate surface area is 117 Å². The van der Waals surface area contributed by atoms with Crippen LogP contribution in [0.4, 0.5) is 5.69 Å². The van der Waals surface area contributed by atoms with E-state index in [4.69, 9.17) is 5.73 Å². The van der Waals surface area contributed by atoms with Crippen molar-refractivity contribution >= 4 is 33.0 Å². The van der Waals surface area contributed by atoms with E-state index in [-0.39, 0.29) is 11.3 Å². The zero-order valence-electron chi connectivity index (χ0n) is 11.6. The molecular formula is C15H20N2OS. The first kappa shape index (κ1) is 13.9. The third kappa shape index (κ3) is 3.26. The smallest absolute Gasteiger partial charge is 0.261 e. The van der Waals surface area contributed by atoms with Gasteiger partial charge in [0.2, 0.25) is 0 Å². The number of rotatable bonds is 4. The van der Waals surface area contributed by atoms with Crippen LogP contribution >= 0.6 is 11.3 Å². The van der Waals surface area contributed by atoms with Crippen molar-refractivity contribution < 1.29 is 4.79 Å². The number of nitrogen functional groups attached to an aromatic ring is 1. The van der Waals surface area contributed by atoms with Crippen LogP contribution < -0.4 is 11.1 Å². The normalized spacial score (nSPS) is 11.7. The highest BCUT2D eigenvalue weighted by Crippen LogP contribution is 2.27. The summed E-state index contributed by atoms with van der Waals surface area (Å²) in [5.41, 5.74) is 6.61. The Morgan fingerprint density at radius 1 is 1.37 bits per heavy atom. The number of fused-ring (bicyclic) bond motifs is 1. The predicted molar refractivity (Wildman–Crippen MR) is 82.6 cm³/mol. The Morgan fingerprint density at radius 3 is 2.79 bits per heavy atom. The van der Waals surface area contributed by atoms with Crippen LogP contribution in [0.1, 0.15) is 36.9 Å². The summed E-state index contributed by atoms with van der Waals surface area (Å²) in [6, 6.07) is 7.63. The summed E-state index contributed by atoms with van der Waals surface area (Å²) >= 11 is 1.50. The van der Waals surface area contributed by atoms with Gasteiger partial charge in [-0.3, -0.25) is 4.79 Å². The fourth-order valence-corrected chi connectivity index (χ4v) is 2.66. The fourth-order valence-electron chi connectivity index (χ4n) is 1.71. The van der Waals surface area contributed by atoms with Crippen molar-refractivity contribution in [3.63, 3.8) is 0 Å². The minimum absolute atomic E-state index is 0.00120. The number of thiophene rings is 1. The average molecular weight is 276 g/mol. The molecule has 1 aromatic heterocycles. The molecule has 3 N–H and O–H groups in total. The summed E-state index contributed by atoms with van der Waals surface area (Å²) in [7, 11) is 0. The summed E-state index contributed by atoms with van der Waals surface area (Å²) in [6.07, 6.45) is 1.04. The number of nitrogens with one attached hydrogen (secondary N) is 1. The van der Waals surface area contributed by atoms with Gasteiger partial charge in [-0.25, -0.2) is 0 Å². The molecule has 2 rings (SSSR count). The van der Waals surface area contributed by atoms with Crippen LogP contribution in [0.25, 0.3) is 10.1 Å². The molecule has 0 fully saturated rings. The molecule has 1 aromatic carbocycles. The van der Waals surface area contributed by atoms with E-state index in [0.29, 0.717) is 6.54 Å². The molecule has 0 spiro atoms. The molecule has 0 saturated carbocycles. The standard InChI is InChI=1S/C15H20N2OS/c1-4-15(2,3)9-17-14(18)13-8-10-7-11(16)5-6-12(10)19-13/h5-8H,4,9,16H2,1-3H3,(H,17,18). The van der Waals surface area contributed by atoms with E-state index in [2.05, 4.69) is 26.1 Å². The lowest BCUT2D eigenvalue weighted by Gasteiger charge is -2.22. The molecule has 2 aromatic rings. The van der Waals surface area contributed by atoms with Gasteiger partial charge < -0.3 is 11.1 Å². The van der Waals surface area contributed by atoms with Crippen molar-refractivity contribution in [1.29, 1.82) is 0 Å². The zero-order chi connectivity index (χ0) is 14.0. The zero-order valence-corrected chi connectivity index (χ0v) is 12.4. The minimum Gasteiger partial charge on any atom is -0.399 e. The molecule has 19 heavy (non-hydrogen) atoms. The van der Waals surface area contributed by atoms with E-state index < -0.39 is 0 Å². The fraction of sp³-hybridized carbons (Fsp3) is 0.400. The Balaban J connectivity index is 2.13. The predicted octanol–water partition coefficient (Wildman–Crippen LogP) is 3.65. The first-order valence-electron chi connectivity index (χ1n) is 6.48. The number of hydrogen-bond acceptors (Lipinski definition) is 3. The van der Waals surface area contributed by atoms with Gasteiger partial charge in [-0.15, -0.1) is 11.3 Å². The number of carbonyl (C=O) groups excluding carboxylic acids is 1. The molecule has 0 aliphatic heterocycles. The maximum atomic E-state index is 12.1. The van der Waals surface area contributed by atoms with E-state index in [1.807, 2.05) is 24.3 Å². The minimum atomic E-state index is 0.00120. The molecule has 102 valence electrons. The van der Waals surface area contributed by atoms with Gasteiger partial charge in [-0.1, -0.05) is 20.8 Å². The Hall–Kier alpha value is -1.55. The van der Waals surface area contributed by atoms with Crippen molar-refractivity contribution in [3.05, 3.63) is 29.1 Å². The van der Waals surface area contributed by atoms with Crippen molar-refractivity contribution in [2.75, 3.05) is 12.3 Å². The van der Waals surface area contributed by atoms with Crippen LogP contribution in [-0.4, -0.2) is 12.5 Å². The summed E-state index contributed by atoms with van der Waals surface area (Å²) in [5, 5.41) is 4.04. The molecule has 3 nitrogen and oxygen atoms in total. The first-order chi connectivity index (χ1) is 8.91. The highest BCUT2D eigenvalue weighted by atomic mass is 32.1. The molecule has 0 saturated heterocycles. The number of carbonyl (C=O) groups is 1. The Kier molecular flexibility index (Phi) is 3.80. The van der Waals surface area contributed by atoms with Crippen LogP contribution in [0.15, 0.2) is 24.3 Å². The highest BCUT2D eigenvalue weighted by Gasteiger charge is 2.17. The molecule has 1 heterocycles. The van der Waals surface area contributed by atoms with E-state index in [0.717, 1.165) is 27.1 Å². The molecular weight excluding hydrogens is 256 g/mol. The van der Waals surface area contributed by atoms with Gasteiger partial charge in [0.05, 0.1) is 4.88 Å². The molecule has 0 aliphatic carbocycles. The van der Waals surface area contributed by atoms with Gasteiger partial charge in [0.15, 0.2) is 0 Å². The number of hydrogen-bond donors (Lipinski definition) is 2. The quantitative estimate of drug-likeness (QED) is 0.837. The topological polar surface area (TPSA) is 55.1 Å². The summed E-state index contributed by atoms with van der Waals surface area (Å²) in [6.45, 7) is 7.13. The van der Waals surface area contributed by atoms with Gasteiger partial charge in [0.1, 0.15) is 0 Å². The maximum Gasteiger partial charge on any atom is 0.261 e. The van der Waals surface area contributed by atoms with E-state index >= 15 is 0 Å². The number of benzene rings is 1. The number of amides is 1. The van der Waals surface area contributed by atoms with E-state index in [1.54, 1.807) is 0 Å². The van der Waals surface area contributed by atoms with Crippen LogP contribution in [0.2, 0.25) is 0 Å². The summed E-state index contributed by atoms with van der Waals surface area (Å²) in [5.74, 6) is 0.00120. The molecule has 0 bridgehead atoms. The Morgan fingerprint density at radius 2 is 2.11 bits per heavy atom. The van der Waals surface area contributed by atoms with Gasteiger partial charge in [0.25, 0.3) is 5.91 Å². The third-order valence-electron chi connectivity index (χ3n) is 3.45. The lowest BCUT2D eigenvalue weighted by molar-refractivity contribution is 0.0940. The van der Waals surface area contributed by atoms with Crippen LogP contribution in [-0.2, 0) is 0 Å². The monoisotopic (exact) mass is 276 g/mol. The van der Waals surface area contributed by atoms with Gasteiger partial charge in [0, 0.05) is 16.9 Å². The van der Waals surface area contributed by atoms with Gasteiger partial charge in [-0.05, 0) is 41.5 Å². The van der Waals surface area contributed by atoms with Gasteiger partial charge >= 0.3 is 0 Å². The van der Waals surface area contributed by atoms with Gasteiger partial charge in [-0.2, -0.15) is 0 Å². The van der Waals surface area contributed by atoms with Crippen LogP contribution in [0.5, 0.6) is 0 Å². The second kappa shape index (κ2) is 5.21. The molecule has 0 atom stereocenters. The van der Waals surface area contributed by atoms with E-state index in [9.17, 15) is 4.79 Å². The summed E-state index contributed by atoms with van der Waals surface area (Å²) in [4.78, 5) is 12.9. The second-order valence-corrected chi connectivity index (χ2v) is 6.69. The van der Waals surface area contributed by atoms with E-state index in [1.165, 1.54) is 11.3 Å². The van der Waals surface area contributed by atoms with Crippen molar-refractivity contribution in [3.8, 4) is 0 Å². The van der Waals surface area contributed by atoms with Crippen LogP contribution in [0, 0.1) is 5.41 Å². The molecule has 0 unspecified atom stereocenters. The van der Waals surface area contributed by atoms with Crippen LogP contribution in [0.3, 0.4) is 0 Å². The molecule has 1 amide bonds. The van der Waals surface area contributed by atoms with Crippen molar-refractivity contribution in [2.24, 2.45) is 5.41 Å². The number of nitrogens with two attached hydrogens (primary N) is 1. The second-order valence-electron chi connectivity index (χ2n) is 5.61. The highest BCUT2D eigenvalue weighted by molar-refractivity contribution is 7.20. The lowest BCUT2D eigenvalue weighted by atomic mass is 9.90. The first-order valence-corrected chi connectivity index (χ1v) is 7.30. The molecule has 0 aliphatic rings. The Bertz CT molecular complexity index is 601. The number of anilines is 1. The maximum absolute atomic E-state index is 12.1. The average Bonchev–Trinajstić information content (AvgIpc) is 2.79. The largest absolute Gasteiger partial charge is 0.399 e. The van der Waals surface area contributed by atoms with Crippen molar-refractivity contribution in [1.82, 2.24) is 5.32 Å². The SMILES string of the molecule is CCC(C)(C)CNC(=O)c1cc2cc(N)ccc2s1. The van der Waals surface area contributed by atoms with Crippen molar-refractivity contribution in [2.45, 2.75) is 27.2 Å². The summed E-state index contributed by atoms with van der Waals surface area (Å²) < 4.78 is 1.09. The lowest BCUT2D eigenvalue weighted by Crippen LogP contribution is -2.33. The molecule has 0 radical (unpaired) electrons. The third-order valence-corrected chi connectivity index (χ3v) is 4.56. The molecule has 4 heteroatoms.